The minimum absolute atomic E-state index is 0.0626. The lowest BCUT2D eigenvalue weighted by atomic mass is 9.91. The molecular weight excluding hydrogens is 326 g/mol. The van der Waals surface area contributed by atoms with E-state index in [2.05, 4.69) is 59.4 Å². The summed E-state index contributed by atoms with van der Waals surface area (Å²) in [5.74, 6) is 0.528. The van der Waals surface area contributed by atoms with Crippen LogP contribution < -0.4 is 5.32 Å². The highest BCUT2D eigenvalue weighted by Crippen LogP contribution is 2.36. The molecular formula is C18H26BrNO. The molecule has 2 unspecified atom stereocenters. The molecule has 0 radical (unpaired) electrons. The second kappa shape index (κ2) is 6.39. The third-order valence-corrected chi connectivity index (χ3v) is 5.40. The number of nitrogens with one attached hydrogen (secondary N) is 1. The highest BCUT2D eigenvalue weighted by molar-refractivity contribution is 9.10. The van der Waals surface area contributed by atoms with Crippen molar-refractivity contribution in [2.24, 2.45) is 0 Å². The normalized spacial score (nSPS) is 26.0. The molecule has 1 heterocycles. The van der Waals surface area contributed by atoms with Gasteiger partial charge in [0.15, 0.2) is 0 Å². The van der Waals surface area contributed by atoms with E-state index in [0.29, 0.717) is 12.0 Å². The molecule has 1 aliphatic carbocycles. The van der Waals surface area contributed by atoms with Crippen molar-refractivity contribution in [1.82, 2.24) is 5.32 Å². The van der Waals surface area contributed by atoms with E-state index in [1.54, 1.807) is 0 Å². The van der Waals surface area contributed by atoms with E-state index in [4.69, 9.17) is 4.74 Å². The van der Waals surface area contributed by atoms with Crippen LogP contribution in [-0.4, -0.2) is 24.3 Å². The van der Waals surface area contributed by atoms with E-state index in [9.17, 15) is 0 Å². The number of halogens is 1. The minimum Gasteiger partial charge on any atom is -0.372 e. The molecule has 2 fully saturated rings. The Labute approximate surface area is 136 Å². The van der Waals surface area contributed by atoms with Gasteiger partial charge in [0.05, 0.1) is 11.7 Å². The first-order valence-corrected chi connectivity index (χ1v) is 8.98. The Morgan fingerprint density at radius 1 is 1.29 bits per heavy atom. The van der Waals surface area contributed by atoms with Gasteiger partial charge in [-0.2, -0.15) is 0 Å². The lowest BCUT2D eigenvalue weighted by molar-refractivity contribution is -0.0209. The zero-order valence-electron chi connectivity index (χ0n) is 13.1. The summed E-state index contributed by atoms with van der Waals surface area (Å²) in [5.41, 5.74) is 1.48. The molecule has 1 aliphatic heterocycles. The zero-order chi connectivity index (χ0) is 14.9. The molecule has 2 atom stereocenters. The maximum atomic E-state index is 6.22. The summed E-state index contributed by atoms with van der Waals surface area (Å²) in [6.07, 6.45) is 6.57. The number of rotatable bonds is 6. The van der Waals surface area contributed by atoms with Gasteiger partial charge in [-0.25, -0.2) is 0 Å². The van der Waals surface area contributed by atoms with Crippen molar-refractivity contribution in [3.8, 4) is 0 Å². The van der Waals surface area contributed by atoms with Crippen molar-refractivity contribution in [3.05, 3.63) is 34.3 Å². The van der Waals surface area contributed by atoms with Crippen LogP contribution in [0.2, 0.25) is 0 Å². The molecule has 3 heteroatoms. The van der Waals surface area contributed by atoms with Gasteiger partial charge in [0.2, 0.25) is 0 Å². The van der Waals surface area contributed by atoms with Crippen LogP contribution in [0.3, 0.4) is 0 Å². The van der Waals surface area contributed by atoms with E-state index < -0.39 is 0 Å². The second-order valence-corrected chi connectivity index (χ2v) is 8.03. The molecule has 21 heavy (non-hydrogen) atoms. The summed E-state index contributed by atoms with van der Waals surface area (Å²) in [5, 5.41) is 3.70. The molecule has 0 bridgehead atoms. The molecule has 0 aromatic heterocycles. The fourth-order valence-corrected chi connectivity index (χ4v) is 3.89. The molecule has 2 aliphatic rings. The first-order valence-electron chi connectivity index (χ1n) is 8.19. The summed E-state index contributed by atoms with van der Waals surface area (Å²) in [7, 11) is 0. The van der Waals surface area contributed by atoms with Crippen molar-refractivity contribution in [2.45, 2.75) is 69.6 Å². The molecule has 1 N–H and O–H groups in total. The summed E-state index contributed by atoms with van der Waals surface area (Å²) < 4.78 is 7.45. The van der Waals surface area contributed by atoms with Gasteiger partial charge in [-0.05, 0) is 63.5 Å². The number of hydrogen-bond acceptors (Lipinski definition) is 2. The number of ether oxygens (including phenoxy) is 1. The number of benzene rings is 1. The Bertz CT molecular complexity index is 484. The Morgan fingerprint density at radius 2 is 2.05 bits per heavy atom. The van der Waals surface area contributed by atoms with Gasteiger partial charge in [-0.15, -0.1) is 0 Å². The number of hydrogen-bond donors (Lipinski definition) is 1. The summed E-state index contributed by atoms with van der Waals surface area (Å²) >= 11 is 3.72. The maximum absolute atomic E-state index is 6.22. The van der Waals surface area contributed by atoms with Crippen LogP contribution in [0.4, 0.5) is 0 Å². The van der Waals surface area contributed by atoms with Crippen LogP contribution in [0.25, 0.3) is 0 Å². The van der Waals surface area contributed by atoms with E-state index in [-0.39, 0.29) is 5.60 Å². The highest BCUT2D eigenvalue weighted by atomic mass is 79.9. The Kier molecular flexibility index (Phi) is 4.72. The van der Waals surface area contributed by atoms with Crippen LogP contribution in [0, 0.1) is 0 Å². The molecule has 0 spiro atoms. The predicted molar refractivity (Wildman–Crippen MR) is 90.7 cm³/mol. The van der Waals surface area contributed by atoms with Gasteiger partial charge < -0.3 is 10.1 Å². The molecule has 116 valence electrons. The second-order valence-electron chi connectivity index (χ2n) is 7.17. The van der Waals surface area contributed by atoms with E-state index in [0.717, 1.165) is 19.0 Å². The van der Waals surface area contributed by atoms with Crippen LogP contribution in [0.1, 0.15) is 57.4 Å². The quantitative estimate of drug-likeness (QED) is 0.806. The largest absolute Gasteiger partial charge is 0.372 e. The van der Waals surface area contributed by atoms with Crippen LogP contribution >= 0.6 is 15.9 Å². The molecule has 1 aromatic carbocycles. The Morgan fingerprint density at radius 3 is 2.67 bits per heavy atom. The van der Waals surface area contributed by atoms with Crippen LogP contribution in [-0.2, 0) is 4.74 Å². The Balaban J connectivity index is 1.68. The average Bonchev–Trinajstić information content (AvgIpc) is 3.20. The highest BCUT2D eigenvalue weighted by Gasteiger charge is 2.34. The van der Waals surface area contributed by atoms with Gasteiger partial charge in [-0.3, -0.25) is 0 Å². The van der Waals surface area contributed by atoms with Crippen molar-refractivity contribution >= 4 is 15.9 Å². The van der Waals surface area contributed by atoms with Gasteiger partial charge in [0.25, 0.3) is 0 Å². The van der Waals surface area contributed by atoms with Gasteiger partial charge in [0, 0.05) is 17.1 Å². The van der Waals surface area contributed by atoms with Gasteiger partial charge in [0.1, 0.15) is 0 Å². The van der Waals surface area contributed by atoms with Gasteiger partial charge in [-0.1, -0.05) is 34.1 Å². The van der Waals surface area contributed by atoms with E-state index in [1.807, 2.05) is 0 Å². The minimum atomic E-state index is 0.0626. The standard InChI is InChI=1S/C18H26BrNO/c1-18(2)10-9-15(21-18)11-13(12-20-14-7-8-14)16-5-3-4-6-17(16)19/h3-6,13-15,20H,7-12H2,1-2H3. The monoisotopic (exact) mass is 351 g/mol. The maximum Gasteiger partial charge on any atom is 0.0631 e. The topological polar surface area (TPSA) is 21.3 Å². The first kappa shape index (κ1) is 15.5. The third-order valence-electron chi connectivity index (χ3n) is 4.68. The fraction of sp³-hybridized carbons (Fsp3) is 0.667. The smallest absolute Gasteiger partial charge is 0.0631 e. The Hall–Kier alpha value is -0.380. The summed E-state index contributed by atoms with van der Waals surface area (Å²) in [6.45, 7) is 5.49. The molecule has 1 saturated heterocycles. The van der Waals surface area contributed by atoms with E-state index >= 15 is 0 Å². The third kappa shape index (κ3) is 4.30. The lowest BCUT2D eigenvalue weighted by Gasteiger charge is -2.25. The SMILES string of the molecule is CC1(C)CCC(CC(CNC2CC2)c2ccccc2Br)O1. The molecule has 1 saturated carbocycles. The predicted octanol–water partition coefficient (Wildman–Crippen LogP) is 4.63. The van der Waals surface area contributed by atoms with Crippen LogP contribution in [0.15, 0.2) is 28.7 Å². The van der Waals surface area contributed by atoms with Crippen LogP contribution in [0.5, 0.6) is 0 Å². The average molecular weight is 352 g/mol. The van der Waals surface area contributed by atoms with Gasteiger partial charge >= 0.3 is 0 Å². The van der Waals surface area contributed by atoms with Crippen molar-refractivity contribution in [1.29, 1.82) is 0 Å². The fourth-order valence-electron chi connectivity index (χ4n) is 3.28. The van der Waals surface area contributed by atoms with Crippen molar-refractivity contribution < 1.29 is 4.74 Å². The van der Waals surface area contributed by atoms with Crippen molar-refractivity contribution in [2.75, 3.05) is 6.54 Å². The molecule has 2 nitrogen and oxygen atoms in total. The molecule has 0 amide bonds. The van der Waals surface area contributed by atoms with E-state index in [1.165, 1.54) is 35.7 Å². The lowest BCUT2D eigenvalue weighted by Crippen LogP contribution is -2.27. The summed E-state index contributed by atoms with van der Waals surface area (Å²) in [6, 6.07) is 9.40. The zero-order valence-corrected chi connectivity index (χ0v) is 14.7. The molecule has 1 aromatic rings. The molecule has 3 rings (SSSR count). The first-order chi connectivity index (χ1) is 10.0. The summed E-state index contributed by atoms with van der Waals surface area (Å²) in [4.78, 5) is 0. The van der Waals surface area contributed by atoms with Crippen molar-refractivity contribution in [3.63, 3.8) is 0 Å².